The first-order chi connectivity index (χ1) is 13.0. The molecule has 0 radical (unpaired) electrons. The SMILES string of the molecule is COC(=O)c1ccc(C2SC[C@H]3C(=O)N(c4ccc(F)cc4)C(=S)N23)cc1. The fraction of sp³-hybridized carbons (Fsp3) is 0.211. The van der Waals surface area contributed by atoms with Crippen LogP contribution in [0.4, 0.5) is 10.1 Å². The maximum atomic E-state index is 13.2. The number of rotatable bonds is 3. The number of ether oxygens (including phenoxy) is 1. The van der Waals surface area contributed by atoms with Gasteiger partial charge in [-0.25, -0.2) is 9.18 Å². The standard InChI is InChI=1S/C19H15FN2O3S2/c1-25-18(24)12-4-2-11(3-5-12)17-22-15(10-27-17)16(23)21(19(22)26)14-8-6-13(20)7-9-14/h2-9,15,17H,10H2,1H3/t15-,17?/m0/s1. The first-order valence-electron chi connectivity index (χ1n) is 8.23. The highest BCUT2D eigenvalue weighted by Gasteiger charge is 2.50. The number of hydrogen-bond acceptors (Lipinski definition) is 5. The van der Waals surface area contributed by atoms with Crippen LogP contribution < -0.4 is 4.90 Å². The molecule has 0 aliphatic carbocycles. The van der Waals surface area contributed by atoms with Crippen LogP contribution in [-0.2, 0) is 9.53 Å². The van der Waals surface area contributed by atoms with E-state index < -0.39 is 5.97 Å². The number of nitrogens with zero attached hydrogens (tertiary/aromatic N) is 2. The van der Waals surface area contributed by atoms with Crippen molar-refractivity contribution in [1.82, 2.24) is 4.90 Å². The molecule has 27 heavy (non-hydrogen) atoms. The number of carbonyl (C=O) groups is 2. The Labute approximate surface area is 165 Å². The average molecular weight is 402 g/mol. The molecule has 2 fully saturated rings. The van der Waals surface area contributed by atoms with Crippen molar-refractivity contribution in [2.75, 3.05) is 17.8 Å². The molecule has 2 heterocycles. The molecule has 0 bridgehead atoms. The van der Waals surface area contributed by atoms with Crippen molar-refractivity contribution in [3.63, 3.8) is 0 Å². The normalized spacial score (nSPS) is 21.6. The lowest BCUT2D eigenvalue weighted by molar-refractivity contribution is -0.119. The predicted molar refractivity (Wildman–Crippen MR) is 105 cm³/mol. The Kier molecular flexibility index (Phi) is 4.61. The summed E-state index contributed by atoms with van der Waals surface area (Å²) in [6, 6.07) is 12.5. The second-order valence-corrected chi connectivity index (χ2v) is 7.63. The molecule has 1 unspecified atom stereocenters. The molecule has 0 saturated carbocycles. The van der Waals surface area contributed by atoms with Crippen LogP contribution in [-0.4, -0.2) is 40.8 Å². The Morgan fingerprint density at radius 1 is 1.19 bits per heavy atom. The van der Waals surface area contributed by atoms with Gasteiger partial charge in [-0.15, -0.1) is 11.8 Å². The minimum atomic E-state index is -0.396. The van der Waals surface area contributed by atoms with Gasteiger partial charge >= 0.3 is 5.97 Å². The summed E-state index contributed by atoms with van der Waals surface area (Å²) in [6.45, 7) is 0. The summed E-state index contributed by atoms with van der Waals surface area (Å²) in [4.78, 5) is 27.9. The van der Waals surface area contributed by atoms with Gasteiger partial charge in [0.15, 0.2) is 5.11 Å². The van der Waals surface area contributed by atoms with Crippen LogP contribution in [0.25, 0.3) is 0 Å². The number of thioether (sulfide) groups is 1. The van der Waals surface area contributed by atoms with Gasteiger partial charge in [0.1, 0.15) is 17.2 Å². The van der Waals surface area contributed by atoms with E-state index in [2.05, 4.69) is 0 Å². The number of anilines is 1. The number of hydrogen-bond donors (Lipinski definition) is 0. The number of benzene rings is 2. The van der Waals surface area contributed by atoms with E-state index in [1.165, 1.54) is 24.1 Å². The smallest absolute Gasteiger partial charge is 0.337 e. The molecular weight excluding hydrogens is 387 g/mol. The number of carbonyl (C=O) groups excluding carboxylic acids is 2. The zero-order chi connectivity index (χ0) is 19.1. The molecule has 2 aromatic rings. The van der Waals surface area contributed by atoms with Gasteiger partial charge < -0.3 is 9.64 Å². The lowest BCUT2D eigenvalue weighted by Gasteiger charge is -2.25. The number of amides is 1. The molecule has 2 atom stereocenters. The Hall–Kier alpha value is -2.45. The Morgan fingerprint density at radius 2 is 1.85 bits per heavy atom. The minimum Gasteiger partial charge on any atom is -0.465 e. The minimum absolute atomic E-state index is 0.104. The van der Waals surface area contributed by atoms with Crippen LogP contribution in [0, 0.1) is 5.82 Å². The van der Waals surface area contributed by atoms with Crippen LogP contribution in [0.3, 0.4) is 0 Å². The summed E-state index contributed by atoms with van der Waals surface area (Å²) in [5.41, 5.74) is 1.98. The molecule has 0 spiro atoms. The fourth-order valence-corrected chi connectivity index (χ4v) is 5.19. The summed E-state index contributed by atoms with van der Waals surface area (Å²) in [5, 5.41) is 0.284. The third-order valence-electron chi connectivity index (χ3n) is 4.62. The maximum Gasteiger partial charge on any atom is 0.337 e. The lowest BCUT2D eigenvalue weighted by atomic mass is 10.1. The second kappa shape index (κ2) is 6.94. The van der Waals surface area contributed by atoms with E-state index in [-0.39, 0.29) is 23.1 Å². The Balaban J connectivity index is 1.62. The third kappa shape index (κ3) is 2.98. The molecule has 0 aromatic heterocycles. The van der Waals surface area contributed by atoms with Gasteiger partial charge in [-0.2, -0.15) is 0 Å². The topological polar surface area (TPSA) is 49.9 Å². The van der Waals surface area contributed by atoms with Crippen molar-refractivity contribution in [3.8, 4) is 0 Å². The molecule has 8 heteroatoms. The summed E-state index contributed by atoms with van der Waals surface area (Å²) >= 11 is 7.21. The Morgan fingerprint density at radius 3 is 2.48 bits per heavy atom. The van der Waals surface area contributed by atoms with Crippen LogP contribution >= 0.6 is 24.0 Å². The first-order valence-corrected chi connectivity index (χ1v) is 9.68. The Bertz CT molecular complexity index is 918. The van der Waals surface area contributed by atoms with Crippen LogP contribution in [0.2, 0.25) is 0 Å². The van der Waals surface area contributed by atoms with Crippen molar-refractivity contribution in [2.45, 2.75) is 11.4 Å². The number of esters is 1. The van der Waals surface area contributed by atoms with Gasteiger partial charge in [0, 0.05) is 5.75 Å². The number of halogens is 1. The first kappa shape index (κ1) is 17.9. The molecule has 5 nitrogen and oxygen atoms in total. The zero-order valence-corrected chi connectivity index (χ0v) is 15.9. The van der Waals surface area contributed by atoms with Gasteiger partial charge in [-0.05, 0) is 54.2 Å². The van der Waals surface area contributed by atoms with Gasteiger partial charge in [0.2, 0.25) is 0 Å². The lowest BCUT2D eigenvalue weighted by Crippen LogP contribution is -2.33. The van der Waals surface area contributed by atoms with Crippen molar-refractivity contribution >= 4 is 46.7 Å². The molecule has 138 valence electrons. The number of methoxy groups -OCH3 is 1. The average Bonchev–Trinajstić information content (AvgIpc) is 3.23. The van der Waals surface area contributed by atoms with Crippen molar-refractivity contribution in [1.29, 1.82) is 0 Å². The number of fused-ring (bicyclic) bond motifs is 1. The molecule has 2 aliphatic heterocycles. The summed E-state index contributed by atoms with van der Waals surface area (Å²) in [5.74, 6) is -0.253. The van der Waals surface area contributed by atoms with E-state index in [1.54, 1.807) is 36.0 Å². The van der Waals surface area contributed by atoms with Crippen molar-refractivity contribution in [3.05, 3.63) is 65.5 Å². The summed E-state index contributed by atoms with van der Waals surface area (Å²) in [6.07, 6.45) is 0. The molecule has 1 amide bonds. The molecule has 2 aromatic carbocycles. The van der Waals surface area contributed by atoms with E-state index in [0.717, 1.165) is 5.56 Å². The van der Waals surface area contributed by atoms with E-state index in [1.807, 2.05) is 17.0 Å². The van der Waals surface area contributed by atoms with Gasteiger partial charge in [-0.3, -0.25) is 9.69 Å². The van der Waals surface area contributed by atoms with Gasteiger partial charge in [-0.1, -0.05) is 12.1 Å². The zero-order valence-electron chi connectivity index (χ0n) is 14.3. The van der Waals surface area contributed by atoms with Crippen LogP contribution in [0.15, 0.2) is 48.5 Å². The van der Waals surface area contributed by atoms with E-state index in [9.17, 15) is 14.0 Å². The highest BCUT2D eigenvalue weighted by molar-refractivity contribution is 7.99. The molecule has 2 saturated heterocycles. The van der Waals surface area contributed by atoms with Crippen LogP contribution in [0.5, 0.6) is 0 Å². The van der Waals surface area contributed by atoms with Crippen molar-refractivity contribution in [2.24, 2.45) is 0 Å². The highest BCUT2D eigenvalue weighted by atomic mass is 32.2. The molecule has 2 aliphatic rings. The molecule has 4 rings (SSSR count). The quantitative estimate of drug-likeness (QED) is 0.580. The predicted octanol–water partition coefficient (Wildman–Crippen LogP) is 3.36. The molecule has 0 N–H and O–H groups in total. The van der Waals surface area contributed by atoms with E-state index in [0.29, 0.717) is 22.1 Å². The largest absolute Gasteiger partial charge is 0.465 e. The summed E-state index contributed by atoms with van der Waals surface area (Å²) < 4.78 is 17.9. The summed E-state index contributed by atoms with van der Waals surface area (Å²) in [7, 11) is 1.34. The maximum absolute atomic E-state index is 13.2. The highest BCUT2D eigenvalue weighted by Crippen LogP contribution is 2.46. The van der Waals surface area contributed by atoms with E-state index in [4.69, 9.17) is 17.0 Å². The monoisotopic (exact) mass is 402 g/mol. The molecular formula is C19H15FN2O3S2. The van der Waals surface area contributed by atoms with Crippen molar-refractivity contribution < 1.29 is 18.7 Å². The van der Waals surface area contributed by atoms with Gasteiger partial charge in [0.05, 0.1) is 18.4 Å². The third-order valence-corrected chi connectivity index (χ3v) is 6.34. The fourth-order valence-electron chi connectivity index (χ4n) is 3.28. The number of thiocarbonyl (C=S) groups is 1. The van der Waals surface area contributed by atoms with E-state index >= 15 is 0 Å². The van der Waals surface area contributed by atoms with Gasteiger partial charge in [0.25, 0.3) is 5.91 Å². The van der Waals surface area contributed by atoms with Crippen LogP contribution in [0.1, 0.15) is 21.3 Å². The second-order valence-electron chi connectivity index (χ2n) is 6.15.